The van der Waals surface area contributed by atoms with Gasteiger partial charge in [-0.2, -0.15) is 13.2 Å². The van der Waals surface area contributed by atoms with E-state index in [4.69, 9.17) is 0 Å². The number of nitrogens with one attached hydrogen (secondary N) is 1. The standard InChI is InChI=1S/C17H14F3N5O2S.K.H/c18-17(19,20)9-3-5-25(6-4-9)14-13-11(21-8-22-14)2-1-10(23-13)7-12-15(26)24-16(27)28-12;;/h1-2,7-9H,3-6H2,(H,24,26,27);;/q;+1;-1. The smallest absolute Gasteiger partial charge is 1.00 e. The summed E-state index contributed by atoms with van der Waals surface area (Å²) < 4.78 is 38.7. The van der Waals surface area contributed by atoms with E-state index < -0.39 is 23.2 Å². The van der Waals surface area contributed by atoms with Gasteiger partial charge in [0.25, 0.3) is 11.1 Å². The molecule has 12 heteroatoms. The van der Waals surface area contributed by atoms with Crippen molar-refractivity contribution in [1.29, 1.82) is 0 Å². The van der Waals surface area contributed by atoms with Gasteiger partial charge in [0.2, 0.25) is 0 Å². The Morgan fingerprint density at radius 1 is 1.21 bits per heavy atom. The van der Waals surface area contributed by atoms with Gasteiger partial charge in [0.05, 0.1) is 22.0 Å². The van der Waals surface area contributed by atoms with Crippen LogP contribution in [0.2, 0.25) is 0 Å². The van der Waals surface area contributed by atoms with Crippen LogP contribution in [-0.4, -0.2) is 45.4 Å². The van der Waals surface area contributed by atoms with E-state index in [-0.39, 0.29) is 83.6 Å². The Bertz CT molecular complexity index is 999. The van der Waals surface area contributed by atoms with E-state index in [1.165, 1.54) is 12.4 Å². The van der Waals surface area contributed by atoms with Crippen molar-refractivity contribution in [2.24, 2.45) is 5.92 Å². The van der Waals surface area contributed by atoms with E-state index in [1.807, 2.05) is 0 Å². The number of fused-ring (bicyclic) bond motifs is 1. The Labute approximate surface area is 211 Å². The summed E-state index contributed by atoms with van der Waals surface area (Å²) in [6.45, 7) is 0.437. The fraction of sp³-hybridized carbons (Fsp3) is 0.353. The van der Waals surface area contributed by atoms with Crippen molar-refractivity contribution in [1.82, 2.24) is 20.3 Å². The molecule has 0 unspecified atom stereocenters. The maximum Gasteiger partial charge on any atom is 1.00 e. The number of halogens is 3. The number of thioether (sulfide) groups is 1. The molecule has 2 fully saturated rings. The molecule has 2 aliphatic rings. The summed E-state index contributed by atoms with van der Waals surface area (Å²) in [5.41, 5.74) is 1.42. The number of rotatable bonds is 2. The topological polar surface area (TPSA) is 88.1 Å². The second-order valence-electron chi connectivity index (χ2n) is 6.46. The Hall–Kier alpha value is -1.05. The van der Waals surface area contributed by atoms with E-state index in [0.29, 0.717) is 22.5 Å². The van der Waals surface area contributed by atoms with Crippen LogP contribution in [0.25, 0.3) is 17.1 Å². The van der Waals surface area contributed by atoms with Gasteiger partial charge < -0.3 is 6.33 Å². The molecule has 2 aliphatic heterocycles. The first kappa shape index (κ1) is 22.6. The number of aromatic nitrogens is 3. The van der Waals surface area contributed by atoms with Crippen LogP contribution < -0.4 is 61.6 Å². The maximum atomic E-state index is 12.9. The third-order valence-corrected chi connectivity index (χ3v) is 5.47. The predicted octanol–water partition coefficient (Wildman–Crippen LogP) is 0.244. The van der Waals surface area contributed by atoms with Crippen LogP contribution in [0.3, 0.4) is 0 Å². The van der Waals surface area contributed by atoms with Gasteiger partial charge in [0.1, 0.15) is 11.8 Å². The van der Waals surface area contributed by atoms with Crippen molar-refractivity contribution < 1.29 is 75.6 Å². The summed E-state index contributed by atoms with van der Waals surface area (Å²) >= 11 is 0.782. The van der Waals surface area contributed by atoms with Gasteiger partial charge in [0.15, 0.2) is 5.82 Å². The number of anilines is 1. The minimum absolute atomic E-state index is 0. The third kappa shape index (κ3) is 4.99. The number of alkyl halides is 3. The van der Waals surface area contributed by atoms with Gasteiger partial charge in [-0.3, -0.25) is 14.9 Å². The summed E-state index contributed by atoms with van der Waals surface area (Å²) in [6.07, 6.45) is -1.35. The molecular formula is C17H15F3KN5O2S. The number of carbonyl (C=O) groups excluding carboxylic acids is 2. The second kappa shape index (κ2) is 8.98. The molecule has 0 aromatic carbocycles. The number of hydrogen-bond donors (Lipinski definition) is 1. The van der Waals surface area contributed by atoms with Crippen LogP contribution in [0.1, 0.15) is 20.0 Å². The van der Waals surface area contributed by atoms with Crippen LogP contribution in [0.5, 0.6) is 0 Å². The Morgan fingerprint density at radius 3 is 2.55 bits per heavy atom. The fourth-order valence-corrected chi connectivity index (χ4v) is 3.90. The molecule has 2 aromatic heterocycles. The number of amides is 2. The minimum Gasteiger partial charge on any atom is -1.00 e. The maximum absolute atomic E-state index is 12.9. The quantitative estimate of drug-likeness (QED) is 0.519. The number of nitrogens with zero attached hydrogens (tertiary/aromatic N) is 4. The van der Waals surface area contributed by atoms with Crippen molar-refractivity contribution in [3.8, 4) is 0 Å². The molecule has 4 heterocycles. The fourth-order valence-electron chi connectivity index (χ4n) is 3.23. The number of piperidine rings is 1. The number of carbonyl (C=O) groups is 2. The van der Waals surface area contributed by atoms with Crippen LogP contribution >= 0.6 is 11.8 Å². The van der Waals surface area contributed by atoms with E-state index in [0.717, 1.165) is 11.8 Å². The van der Waals surface area contributed by atoms with Crippen molar-refractivity contribution >= 4 is 45.8 Å². The van der Waals surface area contributed by atoms with Crippen LogP contribution in [-0.2, 0) is 4.79 Å². The molecule has 0 bridgehead atoms. The van der Waals surface area contributed by atoms with Crippen molar-refractivity contribution in [3.63, 3.8) is 0 Å². The second-order valence-corrected chi connectivity index (χ2v) is 7.47. The van der Waals surface area contributed by atoms with Crippen LogP contribution in [0, 0.1) is 5.92 Å². The Balaban J connectivity index is 0.00000160. The summed E-state index contributed by atoms with van der Waals surface area (Å²) in [6, 6.07) is 3.35. The first-order chi connectivity index (χ1) is 13.3. The van der Waals surface area contributed by atoms with Gasteiger partial charge in [0, 0.05) is 13.1 Å². The van der Waals surface area contributed by atoms with E-state index in [2.05, 4.69) is 20.3 Å². The zero-order chi connectivity index (χ0) is 19.9. The zero-order valence-corrected chi connectivity index (χ0v) is 19.3. The van der Waals surface area contributed by atoms with E-state index in [1.54, 1.807) is 17.0 Å². The molecule has 0 radical (unpaired) electrons. The number of pyridine rings is 1. The van der Waals surface area contributed by atoms with Crippen LogP contribution in [0.4, 0.5) is 23.8 Å². The molecule has 0 saturated carbocycles. The molecule has 0 atom stereocenters. The first-order valence-electron chi connectivity index (χ1n) is 8.49. The molecule has 2 amide bonds. The first-order valence-corrected chi connectivity index (χ1v) is 9.31. The summed E-state index contributed by atoms with van der Waals surface area (Å²) in [4.78, 5) is 37.8. The van der Waals surface area contributed by atoms with Crippen LogP contribution in [0.15, 0.2) is 23.4 Å². The average Bonchev–Trinajstić information content (AvgIpc) is 2.97. The zero-order valence-electron chi connectivity index (χ0n) is 16.4. The SMILES string of the molecule is O=C1NC(=O)C(=Cc2ccc3ncnc(N4CCC(C(F)(F)F)CC4)c3n2)S1.[H-].[K+]. The molecule has 29 heavy (non-hydrogen) atoms. The van der Waals surface area contributed by atoms with Gasteiger partial charge >= 0.3 is 57.6 Å². The molecular weight excluding hydrogens is 434 g/mol. The summed E-state index contributed by atoms with van der Waals surface area (Å²) in [5.74, 6) is -1.33. The summed E-state index contributed by atoms with van der Waals surface area (Å²) in [7, 11) is 0. The minimum atomic E-state index is -4.19. The third-order valence-electron chi connectivity index (χ3n) is 4.66. The molecule has 1 N–H and O–H groups in total. The number of imide groups is 1. The monoisotopic (exact) mass is 449 g/mol. The molecule has 4 rings (SSSR count). The van der Waals surface area contributed by atoms with Gasteiger partial charge in [-0.05, 0) is 42.8 Å². The Morgan fingerprint density at radius 2 is 1.93 bits per heavy atom. The normalized spacial score (nSPS) is 19.6. The largest absolute Gasteiger partial charge is 1.00 e. The molecule has 7 nitrogen and oxygen atoms in total. The predicted molar refractivity (Wildman–Crippen MR) is 98.5 cm³/mol. The Kier molecular flexibility index (Phi) is 7.01. The van der Waals surface area contributed by atoms with E-state index >= 15 is 0 Å². The van der Waals surface area contributed by atoms with E-state index in [9.17, 15) is 22.8 Å². The molecule has 2 aromatic rings. The van der Waals surface area contributed by atoms with Gasteiger partial charge in [-0.1, -0.05) is 0 Å². The van der Waals surface area contributed by atoms with Crippen molar-refractivity contribution in [2.45, 2.75) is 19.0 Å². The molecule has 0 spiro atoms. The molecule has 2 saturated heterocycles. The molecule has 148 valence electrons. The van der Waals surface area contributed by atoms with Gasteiger partial charge in [-0.25, -0.2) is 15.0 Å². The number of hydrogen-bond acceptors (Lipinski definition) is 7. The summed E-state index contributed by atoms with van der Waals surface area (Å²) in [5, 5.41) is 1.72. The van der Waals surface area contributed by atoms with Crippen molar-refractivity contribution in [3.05, 3.63) is 29.1 Å². The van der Waals surface area contributed by atoms with Crippen molar-refractivity contribution in [2.75, 3.05) is 18.0 Å². The molecule has 0 aliphatic carbocycles. The average molecular weight is 449 g/mol. The van der Waals surface area contributed by atoms with Gasteiger partial charge in [-0.15, -0.1) is 0 Å².